The van der Waals surface area contributed by atoms with E-state index in [4.69, 9.17) is 16.3 Å². The number of methoxy groups -OCH3 is 1. The van der Waals surface area contributed by atoms with E-state index < -0.39 is 11.8 Å². The van der Waals surface area contributed by atoms with Crippen molar-refractivity contribution in [1.82, 2.24) is 10.9 Å². The van der Waals surface area contributed by atoms with Crippen molar-refractivity contribution in [3.63, 3.8) is 0 Å². The molecule has 3 rings (SSSR count). The molecule has 1 heterocycles. The molecule has 0 radical (unpaired) electrons. The van der Waals surface area contributed by atoms with Crippen molar-refractivity contribution in [2.24, 2.45) is 0 Å². The van der Waals surface area contributed by atoms with Gasteiger partial charge in [0, 0.05) is 13.7 Å². The Morgan fingerprint density at radius 3 is 2.56 bits per heavy atom. The number of hydrogen-bond donors (Lipinski definition) is 2. The molecule has 2 N–H and O–H groups in total. The lowest BCUT2D eigenvalue weighted by molar-refractivity contribution is 0.0848. The van der Waals surface area contributed by atoms with Crippen molar-refractivity contribution in [2.45, 2.75) is 0 Å². The summed E-state index contributed by atoms with van der Waals surface area (Å²) in [4.78, 5) is 24.9. The topological polar surface area (TPSA) is 67.4 Å². The summed E-state index contributed by atoms with van der Waals surface area (Å²) in [5, 5.41) is 1.12. The summed E-state index contributed by atoms with van der Waals surface area (Å²) < 4.78 is 6.80. The lowest BCUT2D eigenvalue weighted by Crippen LogP contribution is -2.41. The van der Waals surface area contributed by atoms with Gasteiger partial charge in [0.2, 0.25) is 0 Å². The number of thiophene rings is 1. The maximum absolute atomic E-state index is 12.4. The maximum Gasteiger partial charge on any atom is 0.281 e. The summed E-state index contributed by atoms with van der Waals surface area (Å²) in [6.45, 7) is 0. The molecule has 0 unspecified atom stereocenters. The van der Waals surface area contributed by atoms with Crippen LogP contribution < -0.4 is 15.6 Å². The summed E-state index contributed by atoms with van der Waals surface area (Å²) >= 11 is 9.60. The van der Waals surface area contributed by atoms with E-state index in [0.29, 0.717) is 21.2 Å². The van der Waals surface area contributed by atoms with E-state index in [2.05, 4.69) is 33.4 Å². The van der Waals surface area contributed by atoms with Crippen LogP contribution in [0, 0.1) is 3.57 Å². The van der Waals surface area contributed by atoms with Gasteiger partial charge in [-0.3, -0.25) is 20.4 Å². The van der Waals surface area contributed by atoms with Gasteiger partial charge < -0.3 is 4.74 Å². The normalized spacial score (nSPS) is 10.5. The van der Waals surface area contributed by atoms with E-state index >= 15 is 0 Å². The number of fused-ring (bicyclic) bond motifs is 1. The highest BCUT2D eigenvalue weighted by molar-refractivity contribution is 14.1. The molecule has 0 spiro atoms. The van der Waals surface area contributed by atoms with Crippen molar-refractivity contribution in [2.75, 3.05) is 7.11 Å². The van der Waals surface area contributed by atoms with E-state index in [1.807, 2.05) is 18.2 Å². The summed E-state index contributed by atoms with van der Waals surface area (Å²) in [6, 6.07) is 12.5. The van der Waals surface area contributed by atoms with Gasteiger partial charge in [0.25, 0.3) is 11.8 Å². The molecule has 0 saturated heterocycles. The molecule has 0 fully saturated rings. The largest absolute Gasteiger partial charge is 0.497 e. The van der Waals surface area contributed by atoms with Crippen LogP contribution in [0.4, 0.5) is 0 Å². The Kier molecular flexibility index (Phi) is 5.45. The standard InChI is InChI=1S/C17H12ClIN2O3S/c1-24-9-6-7-11-13(8-9)25-15(14(11)18)17(23)21-20-16(22)10-4-2-3-5-12(10)19/h2-8H,1H3,(H,20,22)(H,21,23). The predicted molar refractivity (Wildman–Crippen MR) is 107 cm³/mol. The van der Waals surface area contributed by atoms with Crippen LogP contribution in [0.2, 0.25) is 5.02 Å². The quantitative estimate of drug-likeness (QED) is 0.430. The molecule has 1 aromatic heterocycles. The first-order valence-corrected chi connectivity index (χ1v) is 9.40. The van der Waals surface area contributed by atoms with Crippen LogP contribution in [0.1, 0.15) is 20.0 Å². The Balaban J connectivity index is 1.77. The molecule has 128 valence electrons. The molecule has 2 amide bonds. The highest BCUT2D eigenvalue weighted by Gasteiger charge is 2.18. The van der Waals surface area contributed by atoms with E-state index in [9.17, 15) is 9.59 Å². The van der Waals surface area contributed by atoms with Gasteiger partial charge in [-0.25, -0.2) is 0 Å². The molecule has 3 aromatic rings. The fraction of sp³-hybridized carbons (Fsp3) is 0.0588. The van der Waals surface area contributed by atoms with Crippen LogP contribution in [0.3, 0.4) is 0 Å². The van der Waals surface area contributed by atoms with Crippen LogP contribution in [0.15, 0.2) is 42.5 Å². The SMILES string of the molecule is COc1ccc2c(Cl)c(C(=O)NNC(=O)c3ccccc3I)sc2c1. The number of hydrogen-bond acceptors (Lipinski definition) is 4. The molecule has 0 aliphatic heterocycles. The smallest absolute Gasteiger partial charge is 0.281 e. The second-order valence-electron chi connectivity index (χ2n) is 5.00. The molecule has 0 aliphatic carbocycles. The number of rotatable bonds is 3. The Bertz CT molecular complexity index is 974. The molecule has 0 bridgehead atoms. The monoisotopic (exact) mass is 486 g/mol. The van der Waals surface area contributed by atoms with Crippen LogP contribution in [-0.4, -0.2) is 18.9 Å². The van der Waals surface area contributed by atoms with Gasteiger partial charge in [-0.05, 0) is 52.9 Å². The molecule has 0 aliphatic rings. The second-order valence-corrected chi connectivity index (χ2v) is 7.59. The van der Waals surface area contributed by atoms with Crippen molar-refractivity contribution < 1.29 is 14.3 Å². The van der Waals surface area contributed by atoms with Crippen molar-refractivity contribution in [3.05, 3.63) is 61.5 Å². The van der Waals surface area contributed by atoms with E-state index in [-0.39, 0.29) is 0 Å². The fourth-order valence-electron chi connectivity index (χ4n) is 2.20. The Labute approximate surface area is 166 Å². The number of ether oxygens (including phenoxy) is 1. The van der Waals surface area contributed by atoms with Gasteiger partial charge in [-0.15, -0.1) is 11.3 Å². The summed E-state index contributed by atoms with van der Waals surface area (Å²) in [6.07, 6.45) is 0. The lowest BCUT2D eigenvalue weighted by atomic mass is 10.2. The number of carbonyl (C=O) groups excluding carboxylic acids is 2. The average molecular weight is 487 g/mol. The first kappa shape index (κ1) is 18.0. The Hall–Kier alpha value is -1.84. The fourth-order valence-corrected chi connectivity index (χ4v) is 4.27. The highest BCUT2D eigenvalue weighted by atomic mass is 127. The summed E-state index contributed by atoms with van der Waals surface area (Å²) in [5.74, 6) is -0.175. The minimum Gasteiger partial charge on any atom is -0.497 e. The number of carbonyl (C=O) groups is 2. The first-order chi connectivity index (χ1) is 12.0. The summed E-state index contributed by atoms with van der Waals surface area (Å²) in [5.41, 5.74) is 5.30. The maximum atomic E-state index is 12.4. The third-order valence-electron chi connectivity index (χ3n) is 3.45. The van der Waals surface area contributed by atoms with Gasteiger partial charge in [-0.1, -0.05) is 23.7 Å². The molecular formula is C17H12ClIN2O3S. The third-order valence-corrected chi connectivity index (χ3v) is 6.05. The van der Waals surface area contributed by atoms with Gasteiger partial charge >= 0.3 is 0 Å². The zero-order chi connectivity index (χ0) is 18.0. The minimum absolute atomic E-state index is 0.327. The van der Waals surface area contributed by atoms with Gasteiger partial charge in [-0.2, -0.15) is 0 Å². The van der Waals surface area contributed by atoms with Crippen LogP contribution in [-0.2, 0) is 0 Å². The molecule has 25 heavy (non-hydrogen) atoms. The van der Waals surface area contributed by atoms with Crippen molar-refractivity contribution in [3.8, 4) is 5.75 Å². The minimum atomic E-state index is -0.468. The molecule has 0 saturated carbocycles. The Morgan fingerprint density at radius 2 is 1.84 bits per heavy atom. The molecule has 5 nitrogen and oxygen atoms in total. The number of nitrogens with one attached hydrogen (secondary N) is 2. The zero-order valence-corrected chi connectivity index (χ0v) is 16.7. The summed E-state index contributed by atoms with van der Waals surface area (Å²) in [7, 11) is 1.57. The highest BCUT2D eigenvalue weighted by Crippen LogP contribution is 2.37. The molecule has 0 atom stereocenters. The molecule has 2 aromatic carbocycles. The van der Waals surface area contributed by atoms with Crippen molar-refractivity contribution in [1.29, 1.82) is 0 Å². The molecular weight excluding hydrogens is 475 g/mol. The van der Waals surface area contributed by atoms with Gasteiger partial charge in [0.15, 0.2) is 0 Å². The second kappa shape index (κ2) is 7.59. The van der Waals surface area contributed by atoms with Crippen molar-refractivity contribution >= 4 is 67.4 Å². The number of halogens is 2. The number of benzene rings is 2. The van der Waals surface area contributed by atoms with Crippen LogP contribution in [0.25, 0.3) is 10.1 Å². The predicted octanol–water partition coefficient (Wildman–Crippen LogP) is 4.24. The van der Waals surface area contributed by atoms with E-state index in [1.54, 1.807) is 31.4 Å². The van der Waals surface area contributed by atoms with Crippen LogP contribution >= 0.6 is 45.5 Å². The number of hydrazine groups is 1. The van der Waals surface area contributed by atoms with E-state index in [1.165, 1.54) is 11.3 Å². The van der Waals surface area contributed by atoms with Gasteiger partial charge in [0.05, 0.1) is 17.7 Å². The van der Waals surface area contributed by atoms with Crippen LogP contribution in [0.5, 0.6) is 5.75 Å². The Morgan fingerprint density at radius 1 is 1.12 bits per heavy atom. The lowest BCUT2D eigenvalue weighted by Gasteiger charge is -2.07. The molecule has 8 heteroatoms. The number of amides is 2. The van der Waals surface area contributed by atoms with Gasteiger partial charge in [0.1, 0.15) is 10.6 Å². The third kappa shape index (κ3) is 3.73. The average Bonchev–Trinajstić information content (AvgIpc) is 2.96. The first-order valence-electron chi connectivity index (χ1n) is 7.12. The zero-order valence-electron chi connectivity index (χ0n) is 12.9. The van der Waals surface area contributed by atoms with E-state index in [0.717, 1.165) is 13.7 Å².